The van der Waals surface area contributed by atoms with E-state index < -0.39 is 16.9 Å². The lowest BCUT2D eigenvalue weighted by molar-refractivity contribution is -0.384. The van der Waals surface area contributed by atoms with Crippen LogP contribution in [0.1, 0.15) is 12.8 Å². The van der Waals surface area contributed by atoms with E-state index in [9.17, 15) is 19.7 Å². The number of benzene rings is 1. The van der Waals surface area contributed by atoms with Gasteiger partial charge in [0.2, 0.25) is 11.8 Å². The van der Waals surface area contributed by atoms with Gasteiger partial charge in [0.05, 0.1) is 15.0 Å². The van der Waals surface area contributed by atoms with Gasteiger partial charge in [0.1, 0.15) is 11.7 Å². The number of nitro groups is 1. The summed E-state index contributed by atoms with van der Waals surface area (Å²) in [6, 6.07) is 1.66. The first kappa shape index (κ1) is 14.5. The summed E-state index contributed by atoms with van der Waals surface area (Å²) >= 11 is 11.6. The second-order valence-corrected chi connectivity index (χ2v) is 5.00. The molecule has 1 aromatic carbocycles. The molecule has 2 amide bonds. The Hall–Kier alpha value is -1.86. The molecule has 1 atom stereocenters. The average Bonchev–Trinajstić information content (AvgIpc) is 2.36. The van der Waals surface area contributed by atoms with Crippen molar-refractivity contribution >= 4 is 46.4 Å². The van der Waals surface area contributed by atoms with Gasteiger partial charge in [-0.15, -0.1) is 0 Å². The molecule has 1 aromatic rings. The molecular formula is C11H9Cl2N3O4. The molecule has 106 valence electrons. The van der Waals surface area contributed by atoms with Crippen LogP contribution in [-0.2, 0) is 9.59 Å². The summed E-state index contributed by atoms with van der Waals surface area (Å²) in [5.74, 6) is -0.890. The highest BCUT2D eigenvalue weighted by Gasteiger charge is 2.28. The van der Waals surface area contributed by atoms with Crippen LogP contribution in [0.2, 0.25) is 10.0 Å². The Labute approximate surface area is 123 Å². The molecule has 9 heteroatoms. The van der Waals surface area contributed by atoms with Crippen LogP contribution >= 0.6 is 23.2 Å². The van der Waals surface area contributed by atoms with Gasteiger partial charge < -0.3 is 5.32 Å². The number of anilines is 1. The van der Waals surface area contributed by atoms with Crippen LogP contribution in [0.4, 0.5) is 11.4 Å². The van der Waals surface area contributed by atoms with Crippen molar-refractivity contribution in [2.24, 2.45) is 0 Å². The Kier molecular flexibility index (Phi) is 4.10. The smallest absolute Gasteiger partial charge is 0.293 e. The number of nitrogens with one attached hydrogen (secondary N) is 2. The molecule has 0 radical (unpaired) electrons. The van der Waals surface area contributed by atoms with Crippen molar-refractivity contribution < 1.29 is 14.5 Å². The van der Waals surface area contributed by atoms with Crippen molar-refractivity contribution in [3.05, 3.63) is 32.3 Å². The Morgan fingerprint density at radius 3 is 2.55 bits per heavy atom. The van der Waals surface area contributed by atoms with Crippen molar-refractivity contribution in [1.82, 2.24) is 5.32 Å². The highest BCUT2D eigenvalue weighted by atomic mass is 35.5. The van der Waals surface area contributed by atoms with Crippen molar-refractivity contribution in [1.29, 1.82) is 0 Å². The van der Waals surface area contributed by atoms with Crippen molar-refractivity contribution in [3.8, 4) is 0 Å². The number of rotatable bonds is 3. The number of imide groups is 1. The van der Waals surface area contributed by atoms with Gasteiger partial charge in [0.15, 0.2) is 0 Å². The van der Waals surface area contributed by atoms with E-state index >= 15 is 0 Å². The molecule has 0 spiro atoms. The van der Waals surface area contributed by atoms with Gasteiger partial charge in [-0.2, -0.15) is 0 Å². The predicted octanol–water partition coefficient (Wildman–Crippen LogP) is 2.12. The van der Waals surface area contributed by atoms with E-state index in [-0.39, 0.29) is 40.2 Å². The monoisotopic (exact) mass is 317 g/mol. The molecule has 7 nitrogen and oxygen atoms in total. The van der Waals surface area contributed by atoms with Crippen molar-refractivity contribution in [2.75, 3.05) is 5.32 Å². The number of hydrogen-bond acceptors (Lipinski definition) is 5. The summed E-state index contributed by atoms with van der Waals surface area (Å²) < 4.78 is 0. The van der Waals surface area contributed by atoms with Gasteiger partial charge in [-0.3, -0.25) is 25.0 Å². The highest BCUT2D eigenvalue weighted by Crippen LogP contribution is 2.34. The lowest BCUT2D eigenvalue weighted by Gasteiger charge is -2.22. The standard InChI is InChI=1S/C11H9Cl2N3O4/c12-5-3-8(9(16(19)20)4-6(5)13)14-7-1-2-10(17)15-11(7)18/h3-4,7,14H,1-2H2,(H,15,17,18). The zero-order chi connectivity index (χ0) is 14.9. The minimum absolute atomic E-state index is 0.0483. The summed E-state index contributed by atoms with van der Waals surface area (Å²) in [6.07, 6.45) is 0.417. The number of nitro benzene ring substituents is 1. The normalized spacial score (nSPS) is 18.6. The molecule has 0 aromatic heterocycles. The molecule has 0 bridgehead atoms. The van der Waals surface area contributed by atoms with E-state index in [0.29, 0.717) is 0 Å². The Morgan fingerprint density at radius 2 is 1.95 bits per heavy atom. The molecule has 2 rings (SSSR count). The third-order valence-electron chi connectivity index (χ3n) is 2.80. The maximum atomic E-state index is 11.6. The number of halogens is 2. The highest BCUT2D eigenvalue weighted by molar-refractivity contribution is 6.42. The Morgan fingerprint density at radius 1 is 1.30 bits per heavy atom. The number of piperidine rings is 1. The summed E-state index contributed by atoms with van der Waals surface area (Å²) in [5, 5.41) is 16.0. The summed E-state index contributed by atoms with van der Waals surface area (Å²) in [7, 11) is 0. The molecule has 20 heavy (non-hydrogen) atoms. The fourth-order valence-corrected chi connectivity index (χ4v) is 2.14. The van der Waals surface area contributed by atoms with E-state index in [2.05, 4.69) is 10.6 Å². The molecule has 0 aliphatic carbocycles. The van der Waals surface area contributed by atoms with Crippen LogP contribution < -0.4 is 10.6 Å². The van der Waals surface area contributed by atoms with Crippen molar-refractivity contribution in [2.45, 2.75) is 18.9 Å². The quantitative estimate of drug-likeness (QED) is 0.505. The molecule has 1 fully saturated rings. The largest absolute Gasteiger partial charge is 0.368 e. The number of amides is 2. The first-order valence-corrected chi connectivity index (χ1v) is 6.37. The molecule has 1 saturated heterocycles. The van der Waals surface area contributed by atoms with Gasteiger partial charge in [-0.05, 0) is 12.5 Å². The van der Waals surface area contributed by atoms with Crippen LogP contribution in [0.25, 0.3) is 0 Å². The molecule has 2 N–H and O–H groups in total. The summed E-state index contributed by atoms with van der Waals surface area (Å²) in [6.45, 7) is 0. The SMILES string of the molecule is O=C1CCC(Nc2cc(Cl)c(Cl)cc2[N+](=O)[O-])C(=O)N1. The minimum atomic E-state index is -0.733. The fourth-order valence-electron chi connectivity index (χ4n) is 1.82. The number of hydrogen-bond donors (Lipinski definition) is 2. The maximum absolute atomic E-state index is 11.6. The van der Waals surface area contributed by atoms with E-state index in [4.69, 9.17) is 23.2 Å². The zero-order valence-electron chi connectivity index (χ0n) is 9.98. The zero-order valence-corrected chi connectivity index (χ0v) is 11.5. The Bertz CT molecular complexity index is 606. The van der Waals surface area contributed by atoms with E-state index in [1.54, 1.807) is 0 Å². The second-order valence-electron chi connectivity index (χ2n) is 4.19. The predicted molar refractivity (Wildman–Crippen MR) is 72.9 cm³/mol. The van der Waals surface area contributed by atoms with E-state index in [1.807, 2.05) is 0 Å². The fraction of sp³-hybridized carbons (Fsp3) is 0.273. The van der Waals surface area contributed by atoms with E-state index in [0.717, 1.165) is 6.07 Å². The molecule has 1 heterocycles. The van der Waals surface area contributed by atoms with Crippen molar-refractivity contribution in [3.63, 3.8) is 0 Å². The molecule has 1 unspecified atom stereocenters. The Balaban J connectivity index is 2.29. The van der Waals surface area contributed by atoms with Crippen LogP contribution in [0.15, 0.2) is 12.1 Å². The first-order valence-electron chi connectivity index (χ1n) is 5.62. The first-order chi connectivity index (χ1) is 9.38. The summed E-state index contributed by atoms with van der Waals surface area (Å²) in [5.41, 5.74) is -0.206. The lowest BCUT2D eigenvalue weighted by atomic mass is 10.1. The number of nitrogens with zero attached hydrogens (tertiary/aromatic N) is 1. The third kappa shape index (κ3) is 3.00. The number of carbonyl (C=O) groups is 2. The maximum Gasteiger partial charge on any atom is 0.293 e. The summed E-state index contributed by atoms with van der Waals surface area (Å²) in [4.78, 5) is 33.0. The topological polar surface area (TPSA) is 101 Å². The average molecular weight is 318 g/mol. The van der Waals surface area contributed by atoms with Crippen LogP contribution in [0, 0.1) is 10.1 Å². The van der Waals surface area contributed by atoms with Gasteiger partial charge in [0.25, 0.3) is 5.69 Å². The second kappa shape index (κ2) is 5.64. The van der Waals surface area contributed by atoms with Gasteiger partial charge in [0, 0.05) is 12.5 Å². The minimum Gasteiger partial charge on any atom is -0.368 e. The lowest BCUT2D eigenvalue weighted by Crippen LogP contribution is -2.47. The number of carbonyl (C=O) groups excluding carboxylic acids is 2. The van der Waals surface area contributed by atoms with Crippen LogP contribution in [0.3, 0.4) is 0 Å². The molecule has 1 aliphatic rings. The molecular weight excluding hydrogens is 309 g/mol. The van der Waals surface area contributed by atoms with E-state index in [1.165, 1.54) is 6.07 Å². The van der Waals surface area contributed by atoms with Gasteiger partial charge in [-0.25, -0.2) is 0 Å². The molecule has 1 aliphatic heterocycles. The van der Waals surface area contributed by atoms with Gasteiger partial charge in [-0.1, -0.05) is 23.2 Å². The van der Waals surface area contributed by atoms with Crippen LogP contribution in [-0.4, -0.2) is 22.8 Å². The van der Waals surface area contributed by atoms with Crippen LogP contribution in [0.5, 0.6) is 0 Å². The third-order valence-corrected chi connectivity index (χ3v) is 3.53. The van der Waals surface area contributed by atoms with Gasteiger partial charge >= 0.3 is 0 Å². The molecule has 0 saturated carbocycles.